The van der Waals surface area contributed by atoms with Crippen LogP contribution >= 0.6 is 23.1 Å². The smallest absolute Gasteiger partial charge is 0.319 e. The molecule has 2 amide bonds. The number of aromatic nitrogens is 1. The Labute approximate surface area is 199 Å². The largest absolute Gasteiger partial charge is 0.494 e. The third kappa shape index (κ3) is 5.71. The van der Waals surface area contributed by atoms with Crippen LogP contribution < -0.4 is 15.4 Å². The fourth-order valence-corrected chi connectivity index (χ4v) is 4.76. The predicted molar refractivity (Wildman–Crippen MR) is 124 cm³/mol. The van der Waals surface area contributed by atoms with E-state index in [2.05, 4.69) is 21.7 Å². The molecule has 11 heteroatoms. The van der Waals surface area contributed by atoms with E-state index in [1.54, 1.807) is 42.8 Å². The van der Waals surface area contributed by atoms with Gasteiger partial charge in [-0.15, -0.1) is 11.3 Å². The van der Waals surface area contributed by atoms with Crippen molar-refractivity contribution in [3.8, 4) is 11.8 Å². The van der Waals surface area contributed by atoms with Crippen LogP contribution in [0.4, 0.5) is 5.13 Å². The van der Waals surface area contributed by atoms with Crippen molar-refractivity contribution in [1.82, 2.24) is 10.3 Å². The molecule has 0 spiro atoms. The van der Waals surface area contributed by atoms with Crippen molar-refractivity contribution in [1.29, 1.82) is 5.26 Å². The number of thioether (sulfide) groups is 1. The van der Waals surface area contributed by atoms with E-state index in [1.165, 1.54) is 11.3 Å². The van der Waals surface area contributed by atoms with E-state index >= 15 is 0 Å². The fraction of sp³-hybridized carbons (Fsp3) is 0.318. The second-order valence-electron chi connectivity index (χ2n) is 6.70. The maximum atomic E-state index is 13.0. The highest BCUT2D eigenvalue weighted by molar-refractivity contribution is 8.03. The molecule has 1 aliphatic rings. The molecule has 0 saturated carbocycles. The number of carbonyl (C=O) groups excluding carboxylic acids is 3. The summed E-state index contributed by atoms with van der Waals surface area (Å²) in [6, 6.07) is 9.08. The van der Waals surface area contributed by atoms with E-state index in [-0.39, 0.29) is 28.9 Å². The number of amides is 2. The van der Waals surface area contributed by atoms with Gasteiger partial charge in [0.25, 0.3) is 0 Å². The molecule has 9 nitrogen and oxygen atoms in total. The second-order valence-corrected chi connectivity index (χ2v) is 8.58. The van der Waals surface area contributed by atoms with Crippen molar-refractivity contribution in [3.63, 3.8) is 0 Å². The zero-order valence-electron chi connectivity index (χ0n) is 18.0. The van der Waals surface area contributed by atoms with Crippen molar-refractivity contribution >= 4 is 46.0 Å². The van der Waals surface area contributed by atoms with Gasteiger partial charge in [0.15, 0.2) is 5.13 Å². The first-order chi connectivity index (χ1) is 16.0. The molecule has 1 aromatic carbocycles. The Balaban J connectivity index is 1.98. The van der Waals surface area contributed by atoms with Gasteiger partial charge >= 0.3 is 5.97 Å². The Kier molecular flexibility index (Phi) is 8.46. The Morgan fingerprint density at radius 3 is 2.76 bits per heavy atom. The number of allylic oxidation sites excluding steroid dienone is 1. The molecule has 3 rings (SSSR count). The summed E-state index contributed by atoms with van der Waals surface area (Å²) in [5.74, 6) is -3.47. The average Bonchev–Trinajstić information content (AvgIpc) is 3.31. The number of nitrogens with zero attached hydrogens (tertiary/aromatic N) is 2. The highest BCUT2D eigenvalue weighted by Gasteiger charge is 2.45. The zero-order chi connectivity index (χ0) is 23.8. The Morgan fingerprint density at radius 1 is 1.30 bits per heavy atom. The number of ether oxygens (including phenoxy) is 2. The minimum Gasteiger partial charge on any atom is -0.494 e. The van der Waals surface area contributed by atoms with Crippen LogP contribution in [-0.2, 0) is 19.1 Å². The van der Waals surface area contributed by atoms with E-state index in [9.17, 15) is 19.6 Å². The molecule has 33 heavy (non-hydrogen) atoms. The van der Waals surface area contributed by atoms with Gasteiger partial charge in [-0.2, -0.15) is 5.26 Å². The molecule has 0 saturated heterocycles. The van der Waals surface area contributed by atoms with Crippen LogP contribution in [0.25, 0.3) is 0 Å². The summed E-state index contributed by atoms with van der Waals surface area (Å²) in [6.45, 7) is 3.92. The van der Waals surface area contributed by atoms with Gasteiger partial charge < -0.3 is 20.1 Å². The number of nitrogens with one attached hydrogen (secondary N) is 2. The van der Waals surface area contributed by atoms with Gasteiger partial charge in [-0.3, -0.25) is 14.4 Å². The first-order valence-electron chi connectivity index (χ1n) is 10.2. The molecule has 2 heterocycles. The molecule has 172 valence electrons. The lowest BCUT2D eigenvalue weighted by Crippen LogP contribution is -2.44. The van der Waals surface area contributed by atoms with Crippen LogP contribution in [0.15, 0.2) is 46.4 Å². The predicted octanol–water partition coefficient (Wildman–Crippen LogP) is 3.04. The molecular weight excluding hydrogens is 464 g/mol. The molecule has 0 unspecified atom stereocenters. The number of para-hydroxylation sites is 1. The molecular formula is C22H22N4O5S2. The van der Waals surface area contributed by atoms with Gasteiger partial charge in [0.1, 0.15) is 11.7 Å². The van der Waals surface area contributed by atoms with Gasteiger partial charge in [-0.1, -0.05) is 30.0 Å². The van der Waals surface area contributed by atoms with E-state index in [0.717, 1.165) is 11.8 Å². The van der Waals surface area contributed by atoms with Crippen LogP contribution in [0.3, 0.4) is 0 Å². The van der Waals surface area contributed by atoms with E-state index in [0.29, 0.717) is 23.1 Å². The lowest BCUT2D eigenvalue weighted by Gasteiger charge is -2.31. The van der Waals surface area contributed by atoms with Crippen LogP contribution in [0.5, 0.6) is 5.75 Å². The van der Waals surface area contributed by atoms with Crippen LogP contribution in [0.1, 0.15) is 25.3 Å². The van der Waals surface area contributed by atoms with Crippen molar-refractivity contribution < 1.29 is 23.9 Å². The number of carbonyl (C=O) groups is 3. The summed E-state index contributed by atoms with van der Waals surface area (Å²) < 4.78 is 10.8. The summed E-state index contributed by atoms with van der Waals surface area (Å²) in [5.41, 5.74) is 0.681. The third-order valence-electron chi connectivity index (χ3n) is 4.65. The van der Waals surface area contributed by atoms with Crippen LogP contribution in [0, 0.1) is 17.2 Å². The number of nitriles is 1. The number of thiazole rings is 1. The summed E-state index contributed by atoms with van der Waals surface area (Å²) in [4.78, 5) is 42.1. The number of hydrogen-bond donors (Lipinski definition) is 2. The maximum Gasteiger partial charge on any atom is 0.319 e. The maximum absolute atomic E-state index is 13.0. The number of anilines is 1. The lowest BCUT2D eigenvalue weighted by atomic mass is 9.78. The number of hydrogen-bond acceptors (Lipinski definition) is 9. The molecule has 2 aromatic rings. The van der Waals surface area contributed by atoms with Crippen molar-refractivity contribution in [2.24, 2.45) is 5.92 Å². The highest BCUT2D eigenvalue weighted by atomic mass is 32.2. The Morgan fingerprint density at radius 2 is 2.09 bits per heavy atom. The first-order valence-corrected chi connectivity index (χ1v) is 12.0. The number of benzene rings is 1. The Bertz CT molecular complexity index is 1090. The topological polar surface area (TPSA) is 130 Å². The van der Waals surface area contributed by atoms with Crippen molar-refractivity contribution in [3.05, 3.63) is 52.0 Å². The average molecular weight is 487 g/mol. The molecule has 1 aromatic heterocycles. The standard InChI is InChI=1S/C22H22N4O5S2/c1-3-30-15-8-6-5-7-13(15)17-14(11-23)20(26-19(28)18(17)21(29)31-4-2)33-12-16(27)25-22-24-9-10-32-22/h5-10,17-18H,3-4,12H2,1-2H3,(H,26,28)(H,24,25,27)/t17-,18-/m1/s1. The molecule has 0 aliphatic carbocycles. The quantitative estimate of drug-likeness (QED) is 0.409. The molecule has 2 N–H and O–H groups in total. The van der Waals surface area contributed by atoms with E-state index in [1.807, 2.05) is 6.92 Å². The lowest BCUT2D eigenvalue weighted by molar-refractivity contribution is -0.152. The number of rotatable bonds is 9. The molecule has 0 bridgehead atoms. The van der Waals surface area contributed by atoms with Crippen molar-refractivity contribution in [2.45, 2.75) is 19.8 Å². The normalized spacial score (nSPS) is 17.7. The SMILES string of the molecule is CCOC(=O)[C@H]1C(=O)NC(SCC(=O)Nc2nccs2)=C(C#N)[C@H]1c1ccccc1OCC. The van der Waals surface area contributed by atoms with Crippen LogP contribution in [0.2, 0.25) is 0 Å². The summed E-state index contributed by atoms with van der Waals surface area (Å²) in [7, 11) is 0. The minimum absolute atomic E-state index is 0.0652. The summed E-state index contributed by atoms with van der Waals surface area (Å²) in [6.07, 6.45) is 1.57. The van der Waals surface area contributed by atoms with Gasteiger partial charge in [0.05, 0.1) is 35.6 Å². The molecule has 0 fully saturated rings. The van der Waals surface area contributed by atoms with Gasteiger partial charge in [0.2, 0.25) is 11.8 Å². The second kappa shape index (κ2) is 11.5. The summed E-state index contributed by atoms with van der Waals surface area (Å²) in [5, 5.41) is 17.7. The van der Waals surface area contributed by atoms with E-state index in [4.69, 9.17) is 9.47 Å². The van der Waals surface area contributed by atoms with Crippen LogP contribution in [-0.4, -0.2) is 41.7 Å². The molecule has 2 atom stereocenters. The highest BCUT2D eigenvalue weighted by Crippen LogP contribution is 2.43. The Hall–Kier alpha value is -3.36. The third-order valence-corrected chi connectivity index (χ3v) is 6.36. The molecule has 1 aliphatic heterocycles. The summed E-state index contributed by atoms with van der Waals surface area (Å²) >= 11 is 2.28. The fourth-order valence-electron chi connectivity index (χ4n) is 3.36. The van der Waals surface area contributed by atoms with Gasteiger partial charge in [-0.05, 0) is 19.9 Å². The molecule has 0 radical (unpaired) electrons. The van der Waals surface area contributed by atoms with Gasteiger partial charge in [0, 0.05) is 23.1 Å². The minimum atomic E-state index is -1.27. The number of esters is 1. The first kappa shape index (κ1) is 24.3. The monoisotopic (exact) mass is 486 g/mol. The zero-order valence-corrected chi connectivity index (χ0v) is 19.6. The van der Waals surface area contributed by atoms with E-state index < -0.39 is 23.7 Å². The van der Waals surface area contributed by atoms with Gasteiger partial charge in [-0.25, -0.2) is 4.98 Å². The van der Waals surface area contributed by atoms with Crippen molar-refractivity contribution in [2.75, 3.05) is 24.3 Å².